The molecule has 2 rings (SSSR count). The Morgan fingerprint density at radius 2 is 1.53 bits per heavy atom. The molecule has 0 aliphatic heterocycles. The molecule has 0 radical (unpaired) electrons. The van der Waals surface area contributed by atoms with Crippen molar-refractivity contribution in [3.63, 3.8) is 0 Å². The average Bonchev–Trinajstić information content (AvgIpc) is 2.42. The molecule has 1 nitrogen and oxygen atoms in total. The highest BCUT2D eigenvalue weighted by Crippen LogP contribution is 2.13. The molecule has 0 aliphatic rings. The third-order valence-corrected chi connectivity index (χ3v) is 3.23. The van der Waals surface area contributed by atoms with Gasteiger partial charge in [0.15, 0.2) is 0 Å². The van der Waals surface area contributed by atoms with Crippen LogP contribution in [0, 0.1) is 5.82 Å². The number of rotatable bonds is 5. The lowest BCUT2D eigenvalue weighted by Gasteiger charge is -2.15. The van der Waals surface area contributed by atoms with Gasteiger partial charge in [-0.25, -0.2) is 4.39 Å². The van der Waals surface area contributed by atoms with Crippen LogP contribution in [-0.2, 0) is 12.8 Å². The molecule has 0 fully saturated rings. The fourth-order valence-electron chi connectivity index (χ4n) is 2.15. The lowest BCUT2D eigenvalue weighted by atomic mass is 10.1. The van der Waals surface area contributed by atoms with Crippen molar-refractivity contribution in [2.75, 3.05) is 5.32 Å². The molecule has 0 aromatic heterocycles. The number of halogens is 1. The Kier molecular flexibility index (Phi) is 4.56. The van der Waals surface area contributed by atoms with Crippen LogP contribution >= 0.6 is 0 Å². The van der Waals surface area contributed by atoms with Crippen LogP contribution in [-0.4, -0.2) is 6.04 Å². The van der Waals surface area contributed by atoms with Crippen LogP contribution in [0.5, 0.6) is 0 Å². The lowest BCUT2D eigenvalue weighted by molar-refractivity contribution is 0.626. The molecule has 0 saturated carbocycles. The van der Waals surface area contributed by atoms with Crippen molar-refractivity contribution < 1.29 is 4.39 Å². The zero-order chi connectivity index (χ0) is 13.7. The van der Waals surface area contributed by atoms with Crippen LogP contribution in [0.4, 0.5) is 10.1 Å². The van der Waals surface area contributed by atoms with Crippen molar-refractivity contribution in [3.8, 4) is 0 Å². The summed E-state index contributed by atoms with van der Waals surface area (Å²) in [4.78, 5) is 0. The Bertz CT molecular complexity index is 502. The topological polar surface area (TPSA) is 12.0 Å². The van der Waals surface area contributed by atoms with Crippen molar-refractivity contribution in [1.29, 1.82) is 0 Å². The van der Waals surface area contributed by atoms with Crippen LogP contribution in [0.25, 0.3) is 0 Å². The minimum atomic E-state index is -0.181. The van der Waals surface area contributed by atoms with Gasteiger partial charge in [-0.15, -0.1) is 0 Å². The molecule has 0 bridgehead atoms. The number of anilines is 1. The number of aryl methyl sites for hydroxylation is 1. The summed E-state index contributed by atoms with van der Waals surface area (Å²) in [5.41, 5.74) is 3.62. The average molecular weight is 257 g/mol. The molecule has 0 amide bonds. The maximum atomic E-state index is 12.8. The van der Waals surface area contributed by atoms with Gasteiger partial charge in [0.25, 0.3) is 0 Å². The summed E-state index contributed by atoms with van der Waals surface area (Å²) in [6, 6.07) is 15.5. The summed E-state index contributed by atoms with van der Waals surface area (Å²) < 4.78 is 12.8. The molecule has 1 N–H and O–H groups in total. The number of nitrogens with one attached hydrogen (secondary N) is 1. The van der Waals surface area contributed by atoms with Gasteiger partial charge in [-0.05, 0) is 55.2 Å². The van der Waals surface area contributed by atoms with E-state index in [9.17, 15) is 4.39 Å². The van der Waals surface area contributed by atoms with E-state index in [1.807, 2.05) is 12.1 Å². The monoisotopic (exact) mass is 257 g/mol. The van der Waals surface area contributed by atoms with Gasteiger partial charge in [0.2, 0.25) is 0 Å². The third kappa shape index (κ3) is 4.09. The van der Waals surface area contributed by atoms with E-state index in [-0.39, 0.29) is 5.82 Å². The molecular weight excluding hydrogens is 237 g/mol. The van der Waals surface area contributed by atoms with Crippen molar-refractivity contribution >= 4 is 5.69 Å². The van der Waals surface area contributed by atoms with Gasteiger partial charge in [0.05, 0.1) is 0 Å². The highest BCUT2D eigenvalue weighted by atomic mass is 19.1. The normalized spacial score (nSPS) is 12.2. The van der Waals surface area contributed by atoms with Crippen LogP contribution in [0.1, 0.15) is 25.0 Å². The number of hydrogen-bond donors (Lipinski definition) is 1. The molecule has 2 aromatic rings. The fourth-order valence-corrected chi connectivity index (χ4v) is 2.15. The van der Waals surface area contributed by atoms with E-state index >= 15 is 0 Å². The molecule has 1 unspecified atom stereocenters. The van der Waals surface area contributed by atoms with Gasteiger partial charge >= 0.3 is 0 Å². The van der Waals surface area contributed by atoms with Gasteiger partial charge in [-0.3, -0.25) is 0 Å². The Morgan fingerprint density at radius 3 is 2.11 bits per heavy atom. The molecule has 0 heterocycles. The van der Waals surface area contributed by atoms with E-state index in [0.717, 1.165) is 24.1 Å². The maximum absolute atomic E-state index is 12.8. The highest BCUT2D eigenvalue weighted by Gasteiger charge is 2.04. The minimum Gasteiger partial charge on any atom is -0.382 e. The Hall–Kier alpha value is -1.83. The van der Waals surface area contributed by atoms with Gasteiger partial charge in [0.1, 0.15) is 5.82 Å². The molecule has 0 spiro atoms. The second-order valence-electron chi connectivity index (χ2n) is 4.93. The Morgan fingerprint density at radius 1 is 0.947 bits per heavy atom. The SMILES string of the molecule is CCc1ccc(NC(C)Cc2ccc(F)cc2)cc1. The van der Waals surface area contributed by atoms with Crippen LogP contribution in [0.2, 0.25) is 0 Å². The first-order valence-electron chi connectivity index (χ1n) is 6.77. The van der Waals surface area contributed by atoms with Crippen molar-refractivity contribution in [2.45, 2.75) is 32.7 Å². The van der Waals surface area contributed by atoms with Crippen LogP contribution in [0.15, 0.2) is 48.5 Å². The zero-order valence-electron chi connectivity index (χ0n) is 11.5. The van der Waals surface area contributed by atoms with Crippen molar-refractivity contribution in [3.05, 3.63) is 65.5 Å². The summed E-state index contributed by atoms with van der Waals surface area (Å²) in [5.74, 6) is -0.181. The smallest absolute Gasteiger partial charge is 0.123 e. The molecule has 100 valence electrons. The summed E-state index contributed by atoms with van der Waals surface area (Å²) in [6.07, 6.45) is 1.95. The molecule has 19 heavy (non-hydrogen) atoms. The quantitative estimate of drug-likeness (QED) is 0.835. The summed E-state index contributed by atoms with van der Waals surface area (Å²) in [7, 11) is 0. The second kappa shape index (κ2) is 6.37. The van der Waals surface area contributed by atoms with Crippen molar-refractivity contribution in [1.82, 2.24) is 0 Å². The minimum absolute atomic E-state index is 0.181. The van der Waals surface area contributed by atoms with Crippen LogP contribution < -0.4 is 5.32 Å². The second-order valence-corrected chi connectivity index (χ2v) is 4.93. The first-order valence-corrected chi connectivity index (χ1v) is 6.77. The summed E-state index contributed by atoms with van der Waals surface area (Å²) >= 11 is 0. The molecule has 1 atom stereocenters. The van der Waals surface area contributed by atoms with E-state index in [0.29, 0.717) is 6.04 Å². The summed E-state index contributed by atoms with van der Waals surface area (Å²) in [5, 5.41) is 3.46. The zero-order valence-corrected chi connectivity index (χ0v) is 11.5. The van der Waals surface area contributed by atoms with E-state index in [2.05, 4.69) is 43.4 Å². The molecule has 2 aromatic carbocycles. The van der Waals surface area contributed by atoms with E-state index in [4.69, 9.17) is 0 Å². The van der Waals surface area contributed by atoms with Crippen molar-refractivity contribution in [2.24, 2.45) is 0 Å². The fraction of sp³-hybridized carbons (Fsp3) is 0.294. The van der Waals surface area contributed by atoms with E-state index < -0.39 is 0 Å². The van der Waals surface area contributed by atoms with E-state index in [1.54, 1.807) is 0 Å². The predicted octanol–water partition coefficient (Wildman–Crippen LogP) is 4.43. The van der Waals surface area contributed by atoms with Crippen LogP contribution in [0.3, 0.4) is 0 Å². The summed E-state index contributed by atoms with van der Waals surface area (Å²) in [6.45, 7) is 4.29. The number of hydrogen-bond acceptors (Lipinski definition) is 1. The third-order valence-electron chi connectivity index (χ3n) is 3.23. The Balaban J connectivity index is 1.92. The van der Waals surface area contributed by atoms with E-state index in [1.165, 1.54) is 17.7 Å². The molecule has 0 saturated heterocycles. The first kappa shape index (κ1) is 13.6. The highest BCUT2D eigenvalue weighted by molar-refractivity contribution is 5.45. The van der Waals surface area contributed by atoms with Gasteiger partial charge in [-0.1, -0.05) is 31.2 Å². The van der Waals surface area contributed by atoms with Gasteiger partial charge < -0.3 is 5.32 Å². The maximum Gasteiger partial charge on any atom is 0.123 e. The largest absolute Gasteiger partial charge is 0.382 e. The van der Waals surface area contributed by atoms with Gasteiger partial charge in [-0.2, -0.15) is 0 Å². The molecule has 2 heteroatoms. The van der Waals surface area contributed by atoms with Gasteiger partial charge in [0, 0.05) is 11.7 Å². The number of benzene rings is 2. The molecular formula is C17H20FN. The first-order chi connectivity index (χ1) is 9.17. The Labute approximate surface area is 114 Å². The molecule has 0 aliphatic carbocycles. The standard InChI is InChI=1S/C17H20FN/c1-3-14-6-10-17(11-7-14)19-13(2)12-15-4-8-16(18)9-5-15/h4-11,13,19H,3,12H2,1-2H3. The predicted molar refractivity (Wildman–Crippen MR) is 79.0 cm³/mol. The lowest BCUT2D eigenvalue weighted by Crippen LogP contribution is -2.17.